The van der Waals surface area contributed by atoms with Crippen LogP contribution in [0, 0.1) is 5.41 Å². The van der Waals surface area contributed by atoms with Gasteiger partial charge in [0.05, 0.1) is 0 Å². The molecule has 8 N–H and O–H groups in total. The number of piperazine rings is 1. The second-order valence-electron chi connectivity index (χ2n) is 10.00. The number of nitrogens with two attached hydrogens (primary N) is 2. The Labute approximate surface area is 230 Å². The van der Waals surface area contributed by atoms with Crippen molar-refractivity contribution >= 4 is 23.4 Å². The first-order valence-corrected chi connectivity index (χ1v) is 13.8. The number of carbonyl (C=O) groups excluding carboxylic acids is 1. The third kappa shape index (κ3) is 10.3. The van der Waals surface area contributed by atoms with Gasteiger partial charge in [0.1, 0.15) is 5.82 Å². The number of amides is 1. The quantitative estimate of drug-likeness (QED) is 0.108. The predicted molar refractivity (Wildman–Crippen MR) is 156 cm³/mol. The number of guanidine groups is 1. The van der Waals surface area contributed by atoms with Gasteiger partial charge in [-0.1, -0.05) is 0 Å². The van der Waals surface area contributed by atoms with Crippen molar-refractivity contribution in [2.75, 3.05) is 63.1 Å². The molecule has 1 aliphatic rings. The minimum atomic E-state index is -0.392. The highest BCUT2D eigenvalue weighted by Gasteiger charge is 2.15. The smallest absolute Gasteiger partial charge is 0.349 e. The average molecular weight is 541 g/mol. The molecule has 3 rings (SSSR count). The van der Waals surface area contributed by atoms with Crippen LogP contribution in [0.3, 0.4) is 0 Å². The SMILES string of the molecule is CN1CCN(c2ccc(C(=O)Nc3ccn(CCCC(CCCNC(=N)N)NCCCN)c(=O)n3)cc2)CC1. The van der Waals surface area contributed by atoms with Crippen molar-refractivity contribution in [1.82, 2.24) is 25.1 Å². The molecule has 214 valence electrons. The molecule has 0 bridgehead atoms. The molecular formula is C27H44N10O2. The van der Waals surface area contributed by atoms with Gasteiger partial charge in [0.2, 0.25) is 0 Å². The molecule has 1 aromatic heterocycles. The fourth-order valence-corrected chi connectivity index (χ4v) is 4.58. The molecule has 1 unspecified atom stereocenters. The molecule has 1 aliphatic heterocycles. The van der Waals surface area contributed by atoms with Gasteiger partial charge in [0.25, 0.3) is 5.91 Å². The van der Waals surface area contributed by atoms with Crippen molar-refractivity contribution in [2.24, 2.45) is 11.5 Å². The molecule has 0 spiro atoms. The third-order valence-corrected chi connectivity index (χ3v) is 6.92. The van der Waals surface area contributed by atoms with Crippen LogP contribution >= 0.6 is 0 Å². The topological polar surface area (TPSA) is 170 Å². The largest absolute Gasteiger partial charge is 0.370 e. The fraction of sp³-hybridized carbons (Fsp3) is 0.556. The molecule has 0 aliphatic carbocycles. The van der Waals surface area contributed by atoms with Gasteiger partial charge in [-0.25, -0.2) is 4.79 Å². The van der Waals surface area contributed by atoms with Gasteiger partial charge in [0, 0.05) is 62.8 Å². The molecule has 1 saturated heterocycles. The standard InChI is InChI=1S/C27H44N10O2/c1-35-17-19-36(20-18-35)23-9-7-21(8-10-23)25(38)33-24-11-16-37(27(39)34-24)15-3-6-22(31-14-4-12-28)5-2-13-32-26(29)30/h7-11,16,22,31H,2-6,12-15,17-20,28H2,1H3,(H4,29,30,32)(H,33,34,38,39). The summed E-state index contributed by atoms with van der Waals surface area (Å²) in [4.78, 5) is 34.0. The lowest BCUT2D eigenvalue weighted by molar-refractivity contribution is 0.102. The summed E-state index contributed by atoms with van der Waals surface area (Å²) in [5.41, 5.74) is 12.2. The zero-order valence-corrected chi connectivity index (χ0v) is 23.0. The lowest BCUT2D eigenvalue weighted by Gasteiger charge is -2.34. The third-order valence-electron chi connectivity index (χ3n) is 6.92. The summed E-state index contributed by atoms with van der Waals surface area (Å²) in [6.45, 7) is 6.64. The van der Waals surface area contributed by atoms with Gasteiger partial charge >= 0.3 is 5.69 Å². The van der Waals surface area contributed by atoms with Crippen molar-refractivity contribution in [3.8, 4) is 0 Å². The van der Waals surface area contributed by atoms with Crippen LogP contribution in [0.2, 0.25) is 0 Å². The first-order chi connectivity index (χ1) is 18.9. The Hall–Kier alpha value is -3.48. The number of nitrogens with one attached hydrogen (secondary N) is 4. The van der Waals surface area contributed by atoms with Crippen LogP contribution in [-0.4, -0.2) is 85.2 Å². The maximum atomic E-state index is 12.7. The van der Waals surface area contributed by atoms with Gasteiger partial charge in [-0.2, -0.15) is 4.98 Å². The van der Waals surface area contributed by atoms with Crippen molar-refractivity contribution in [1.29, 1.82) is 5.41 Å². The molecule has 1 amide bonds. The van der Waals surface area contributed by atoms with Crippen LogP contribution in [0.1, 0.15) is 42.5 Å². The summed E-state index contributed by atoms with van der Waals surface area (Å²) in [5.74, 6) is -0.0767. The average Bonchev–Trinajstić information content (AvgIpc) is 2.92. The lowest BCUT2D eigenvalue weighted by Crippen LogP contribution is -2.44. The second kappa shape index (κ2) is 15.8. The minimum absolute atomic E-state index is 0.0201. The number of aryl methyl sites for hydroxylation is 1. The Morgan fingerprint density at radius 1 is 1.05 bits per heavy atom. The number of hydrogen-bond acceptors (Lipinski definition) is 8. The van der Waals surface area contributed by atoms with Crippen LogP contribution in [0.15, 0.2) is 41.3 Å². The molecule has 0 radical (unpaired) electrons. The number of aromatic nitrogens is 2. The van der Waals surface area contributed by atoms with E-state index >= 15 is 0 Å². The predicted octanol–water partition coefficient (Wildman–Crippen LogP) is 0.598. The number of hydrogen-bond donors (Lipinski definition) is 6. The lowest BCUT2D eigenvalue weighted by atomic mass is 10.1. The van der Waals surface area contributed by atoms with E-state index in [0.717, 1.165) is 70.5 Å². The van der Waals surface area contributed by atoms with E-state index < -0.39 is 5.69 Å². The number of likely N-dealkylation sites (N-methyl/N-ethyl adjacent to an activating group) is 1. The number of rotatable bonds is 15. The Kier molecular flexibility index (Phi) is 12.2. The van der Waals surface area contributed by atoms with E-state index in [1.165, 1.54) is 0 Å². The molecule has 2 heterocycles. The monoisotopic (exact) mass is 540 g/mol. The molecule has 12 nitrogen and oxygen atoms in total. The molecule has 2 aromatic rings. The van der Waals surface area contributed by atoms with Crippen LogP contribution < -0.4 is 38.0 Å². The van der Waals surface area contributed by atoms with E-state index in [4.69, 9.17) is 16.9 Å². The first-order valence-electron chi connectivity index (χ1n) is 13.8. The highest BCUT2D eigenvalue weighted by molar-refractivity contribution is 6.03. The van der Waals surface area contributed by atoms with Crippen molar-refractivity contribution in [2.45, 2.75) is 44.7 Å². The van der Waals surface area contributed by atoms with Crippen molar-refractivity contribution < 1.29 is 4.79 Å². The molecule has 39 heavy (non-hydrogen) atoms. The Morgan fingerprint density at radius 2 is 1.77 bits per heavy atom. The summed E-state index contributed by atoms with van der Waals surface area (Å²) in [5, 5.41) is 16.4. The van der Waals surface area contributed by atoms with E-state index in [9.17, 15) is 9.59 Å². The highest BCUT2D eigenvalue weighted by atomic mass is 16.2. The van der Waals surface area contributed by atoms with Gasteiger partial charge in [0.15, 0.2) is 5.96 Å². The second-order valence-corrected chi connectivity index (χ2v) is 10.00. The number of benzene rings is 1. The molecule has 1 fully saturated rings. The van der Waals surface area contributed by atoms with Gasteiger partial charge < -0.3 is 37.2 Å². The maximum absolute atomic E-state index is 12.7. The zero-order valence-electron chi connectivity index (χ0n) is 23.0. The Bertz CT molecular complexity index is 1100. The van der Waals surface area contributed by atoms with E-state index in [0.29, 0.717) is 25.2 Å². The number of carbonyl (C=O) groups is 1. The van der Waals surface area contributed by atoms with E-state index in [-0.39, 0.29) is 23.7 Å². The van der Waals surface area contributed by atoms with Gasteiger partial charge in [-0.3, -0.25) is 14.8 Å². The summed E-state index contributed by atoms with van der Waals surface area (Å²) in [6, 6.07) is 9.47. The zero-order chi connectivity index (χ0) is 28.0. The Morgan fingerprint density at radius 3 is 2.44 bits per heavy atom. The summed E-state index contributed by atoms with van der Waals surface area (Å²) >= 11 is 0. The molecule has 12 heteroatoms. The van der Waals surface area contributed by atoms with Crippen molar-refractivity contribution in [3.63, 3.8) is 0 Å². The van der Waals surface area contributed by atoms with Crippen LogP contribution in [0.4, 0.5) is 11.5 Å². The number of anilines is 2. The van der Waals surface area contributed by atoms with Gasteiger partial charge in [-0.15, -0.1) is 0 Å². The minimum Gasteiger partial charge on any atom is -0.370 e. The van der Waals surface area contributed by atoms with Crippen LogP contribution in [0.5, 0.6) is 0 Å². The molecule has 1 aromatic carbocycles. The maximum Gasteiger partial charge on any atom is 0.349 e. The van der Waals surface area contributed by atoms with Crippen LogP contribution in [0.25, 0.3) is 0 Å². The highest BCUT2D eigenvalue weighted by Crippen LogP contribution is 2.17. The van der Waals surface area contributed by atoms with E-state index in [1.54, 1.807) is 29.0 Å². The fourth-order valence-electron chi connectivity index (χ4n) is 4.58. The summed E-state index contributed by atoms with van der Waals surface area (Å²) in [6.07, 6.45) is 6.08. The van der Waals surface area contributed by atoms with Crippen LogP contribution in [-0.2, 0) is 6.54 Å². The molecule has 0 saturated carbocycles. The molecule has 1 atom stereocenters. The van der Waals surface area contributed by atoms with E-state index in [1.807, 2.05) is 12.1 Å². The van der Waals surface area contributed by atoms with E-state index in [2.05, 4.69) is 37.8 Å². The summed E-state index contributed by atoms with van der Waals surface area (Å²) in [7, 11) is 2.12. The first kappa shape index (κ1) is 30.1. The van der Waals surface area contributed by atoms with Gasteiger partial charge in [-0.05, 0) is 82.6 Å². The van der Waals surface area contributed by atoms with Crippen molar-refractivity contribution in [3.05, 3.63) is 52.6 Å². The molecular weight excluding hydrogens is 496 g/mol. The normalized spacial score (nSPS) is 14.7. The summed E-state index contributed by atoms with van der Waals surface area (Å²) < 4.78 is 1.56. The number of nitrogens with zero attached hydrogens (tertiary/aromatic N) is 4. The Balaban J connectivity index is 1.48.